The zero-order chi connectivity index (χ0) is 22.5. The van der Waals surface area contributed by atoms with E-state index in [-0.39, 0.29) is 11.8 Å². The summed E-state index contributed by atoms with van der Waals surface area (Å²) in [6.45, 7) is 5.39. The summed E-state index contributed by atoms with van der Waals surface area (Å²) in [4.78, 5) is 20.0. The van der Waals surface area contributed by atoms with E-state index in [1.54, 1.807) is 0 Å². The van der Waals surface area contributed by atoms with Gasteiger partial charge in [0.25, 0.3) is 0 Å². The predicted molar refractivity (Wildman–Crippen MR) is 126 cm³/mol. The number of nitrogen functional groups attached to an aromatic ring is 1. The zero-order valence-electron chi connectivity index (χ0n) is 18.3. The molecule has 0 saturated carbocycles. The smallest absolute Gasteiger partial charge is 0.216 e. The van der Waals surface area contributed by atoms with Crippen molar-refractivity contribution in [2.24, 2.45) is 5.92 Å². The van der Waals surface area contributed by atoms with Gasteiger partial charge in [0.15, 0.2) is 0 Å². The maximum atomic E-state index is 11.3. The van der Waals surface area contributed by atoms with Crippen LogP contribution in [0.4, 0.5) is 5.82 Å². The summed E-state index contributed by atoms with van der Waals surface area (Å²) in [7, 11) is 0. The minimum absolute atomic E-state index is 0.0335. The summed E-state index contributed by atoms with van der Waals surface area (Å²) in [6.07, 6.45) is 3.53. The number of fused-ring (bicyclic) bond motifs is 1. The molecule has 2 aromatic heterocycles. The third kappa shape index (κ3) is 4.88. The monoisotopic (exact) mass is 429 g/mol. The fraction of sp³-hybridized carbons (Fsp3) is 0.240. The zero-order valence-corrected chi connectivity index (χ0v) is 18.3. The highest BCUT2D eigenvalue weighted by Crippen LogP contribution is 2.34. The highest BCUT2D eigenvalue weighted by atomic mass is 16.5. The first-order valence-electron chi connectivity index (χ1n) is 10.6. The van der Waals surface area contributed by atoms with Crippen molar-refractivity contribution < 1.29 is 9.53 Å². The van der Waals surface area contributed by atoms with Gasteiger partial charge in [0.1, 0.15) is 30.1 Å². The molecule has 0 radical (unpaired) electrons. The van der Waals surface area contributed by atoms with Crippen LogP contribution in [0, 0.1) is 5.92 Å². The topological polar surface area (TPSA) is 95.1 Å². The first kappa shape index (κ1) is 21.4. The number of carbonyl (C=O) groups excluding carboxylic acids is 1. The van der Waals surface area contributed by atoms with Crippen molar-refractivity contribution in [1.82, 2.24) is 19.9 Å². The molecule has 2 aromatic carbocycles. The first-order valence-corrected chi connectivity index (χ1v) is 10.6. The molecule has 1 amide bonds. The third-order valence-electron chi connectivity index (χ3n) is 5.28. The normalized spacial score (nSPS) is 11.9. The lowest BCUT2D eigenvalue weighted by Crippen LogP contribution is -2.27. The van der Waals surface area contributed by atoms with Gasteiger partial charge in [-0.1, -0.05) is 49.4 Å². The second-order valence-electron chi connectivity index (χ2n) is 8.00. The van der Waals surface area contributed by atoms with Crippen molar-refractivity contribution in [1.29, 1.82) is 0 Å². The lowest BCUT2D eigenvalue weighted by atomic mass is 10.1. The maximum absolute atomic E-state index is 11.3. The summed E-state index contributed by atoms with van der Waals surface area (Å²) in [6, 6.07) is 18.0. The van der Waals surface area contributed by atoms with Gasteiger partial charge in [-0.3, -0.25) is 4.79 Å². The highest BCUT2D eigenvalue weighted by molar-refractivity contribution is 6.00. The summed E-state index contributed by atoms with van der Waals surface area (Å²) >= 11 is 0. The van der Waals surface area contributed by atoms with Gasteiger partial charge in [0.05, 0.1) is 5.39 Å². The molecule has 1 unspecified atom stereocenters. The Balaban J connectivity index is 1.63. The number of anilines is 1. The number of nitrogens with one attached hydrogen (secondary N) is 1. The minimum atomic E-state index is -0.0335. The Morgan fingerprint density at radius 3 is 2.75 bits per heavy atom. The summed E-state index contributed by atoms with van der Waals surface area (Å²) in [5.41, 5.74) is 10.1. The maximum Gasteiger partial charge on any atom is 0.216 e. The van der Waals surface area contributed by atoms with E-state index in [0.717, 1.165) is 33.5 Å². The van der Waals surface area contributed by atoms with Crippen LogP contribution in [0.1, 0.15) is 19.4 Å². The Bertz CT molecular complexity index is 1220. The van der Waals surface area contributed by atoms with Crippen LogP contribution in [0.2, 0.25) is 0 Å². The number of nitrogens with zero attached hydrogens (tertiary/aromatic N) is 3. The Kier molecular flexibility index (Phi) is 6.35. The summed E-state index contributed by atoms with van der Waals surface area (Å²) in [5, 5.41) is 3.69. The number of hydrogen-bond donors (Lipinski definition) is 2. The predicted octanol–water partition coefficient (Wildman–Crippen LogP) is 4.03. The fourth-order valence-electron chi connectivity index (χ4n) is 3.72. The van der Waals surface area contributed by atoms with E-state index < -0.39 is 0 Å². The van der Waals surface area contributed by atoms with E-state index >= 15 is 0 Å². The SMILES string of the molecule is CC(=O)NCC(C)Cn1cc(-c2cccc(OCc3ccccc3)c2)c2c(N)ncnc21. The van der Waals surface area contributed by atoms with Crippen LogP contribution in [0.3, 0.4) is 0 Å². The Labute approximate surface area is 187 Å². The molecule has 0 aliphatic carbocycles. The molecule has 0 aliphatic rings. The number of ether oxygens (including phenoxy) is 1. The second-order valence-corrected chi connectivity index (χ2v) is 8.00. The molecule has 0 aliphatic heterocycles. The lowest BCUT2D eigenvalue weighted by Gasteiger charge is -2.13. The molecule has 32 heavy (non-hydrogen) atoms. The Hall–Kier alpha value is -3.87. The van der Waals surface area contributed by atoms with Crippen LogP contribution in [-0.2, 0) is 17.9 Å². The van der Waals surface area contributed by atoms with E-state index in [1.807, 2.05) is 54.6 Å². The van der Waals surface area contributed by atoms with Gasteiger partial charge in [-0.05, 0) is 29.2 Å². The van der Waals surface area contributed by atoms with Gasteiger partial charge < -0.3 is 20.4 Å². The van der Waals surface area contributed by atoms with Gasteiger partial charge in [-0.2, -0.15) is 0 Å². The molecule has 4 aromatic rings. The van der Waals surface area contributed by atoms with Crippen molar-refractivity contribution in [2.45, 2.75) is 27.0 Å². The van der Waals surface area contributed by atoms with Gasteiger partial charge >= 0.3 is 0 Å². The van der Waals surface area contributed by atoms with Crippen molar-refractivity contribution >= 4 is 22.8 Å². The molecular formula is C25H27N5O2. The molecule has 2 heterocycles. The van der Waals surface area contributed by atoms with E-state index in [1.165, 1.54) is 13.3 Å². The number of rotatable bonds is 8. The molecule has 3 N–H and O–H groups in total. The third-order valence-corrected chi connectivity index (χ3v) is 5.28. The Morgan fingerprint density at radius 2 is 1.97 bits per heavy atom. The highest BCUT2D eigenvalue weighted by Gasteiger charge is 2.17. The van der Waals surface area contributed by atoms with Crippen LogP contribution >= 0.6 is 0 Å². The molecule has 4 rings (SSSR count). The number of nitrogens with two attached hydrogens (primary N) is 1. The first-order chi connectivity index (χ1) is 15.5. The second kappa shape index (κ2) is 9.51. The average molecular weight is 430 g/mol. The van der Waals surface area contributed by atoms with Gasteiger partial charge in [-0.25, -0.2) is 9.97 Å². The van der Waals surface area contributed by atoms with Crippen LogP contribution in [0.15, 0.2) is 67.1 Å². The van der Waals surface area contributed by atoms with E-state index in [9.17, 15) is 4.79 Å². The van der Waals surface area contributed by atoms with Gasteiger partial charge in [0.2, 0.25) is 5.91 Å². The number of hydrogen-bond acceptors (Lipinski definition) is 5. The number of amides is 1. The molecule has 7 nitrogen and oxygen atoms in total. The molecule has 7 heteroatoms. The number of aromatic nitrogens is 3. The molecule has 0 bridgehead atoms. The fourth-order valence-corrected chi connectivity index (χ4v) is 3.72. The van der Waals surface area contributed by atoms with Crippen LogP contribution in [-0.4, -0.2) is 27.0 Å². The van der Waals surface area contributed by atoms with Crippen molar-refractivity contribution in [2.75, 3.05) is 12.3 Å². The van der Waals surface area contributed by atoms with Crippen molar-refractivity contribution in [3.63, 3.8) is 0 Å². The quantitative estimate of drug-likeness (QED) is 0.441. The van der Waals surface area contributed by atoms with E-state index in [2.05, 4.69) is 33.0 Å². The largest absolute Gasteiger partial charge is 0.489 e. The summed E-state index contributed by atoms with van der Waals surface area (Å²) < 4.78 is 8.09. The van der Waals surface area contributed by atoms with E-state index in [0.29, 0.717) is 25.5 Å². The molecular weight excluding hydrogens is 402 g/mol. The standard InChI is InChI=1S/C25H27N5O2/c1-17(12-27-18(2)31)13-30-14-22(23-24(26)28-16-29-25(23)30)20-9-6-10-21(11-20)32-15-19-7-4-3-5-8-19/h3-11,14,16-17H,12-13,15H2,1-2H3,(H,27,31)(H2,26,28,29). The lowest BCUT2D eigenvalue weighted by molar-refractivity contribution is -0.119. The number of benzene rings is 2. The Morgan fingerprint density at radius 1 is 1.16 bits per heavy atom. The van der Waals surface area contributed by atoms with Gasteiger partial charge in [-0.15, -0.1) is 0 Å². The van der Waals surface area contributed by atoms with Crippen molar-refractivity contribution in [3.05, 3.63) is 72.7 Å². The molecule has 164 valence electrons. The van der Waals surface area contributed by atoms with Crippen LogP contribution in [0.5, 0.6) is 5.75 Å². The van der Waals surface area contributed by atoms with E-state index in [4.69, 9.17) is 10.5 Å². The molecule has 0 fully saturated rings. The minimum Gasteiger partial charge on any atom is -0.489 e. The molecule has 1 atom stereocenters. The average Bonchev–Trinajstić information content (AvgIpc) is 3.17. The van der Waals surface area contributed by atoms with Gasteiger partial charge in [0, 0.05) is 31.8 Å². The van der Waals surface area contributed by atoms with Crippen molar-refractivity contribution in [3.8, 4) is 16.9 Å². The van der Waals surface area contributed by atoms with Crippen LogP contribution in [0.25, 0.3) is 22.2 Å². The molecule has 0 spiro atoms. The van der Waals surface area contributed by atoms with Crippen LogP contribution < -0.4 is 15.8 Å². The molecule has 0 saturated heterocycles. The summed E-state index contributed by atoms with van der Waals surface area (Å²) in [5.74, 6) is 1.41. The number of carbonyl (C=O) groups is 1.